The Kier molecular flexibility index (Phi) is 23.4. The van der Waals surface area contributed by atoms with Gasteiger partial charge in [-0.15, -0.1) is 0 Å². The quantitative estimate of drug-likeness (QED) is 0.0633. The molecule has 0 bridgehead atoms. The average molecular weight is 600 g/mol. The highest BCUT2D eigenvalue weighted by molar-refractivity contribution is 7.86. The zero-order valence-electron chi connectivity index (χ0n) is 24.6. The third-order valence-electron chi connectivity index (χ3n) is 7.13. The summed E-state index contributed by atoms with van der Waals surface area (Å²) >= 11 is 0. The largest absolute Gasteiger partial charge is 0.397 e. The summed E-state index contributed by atoms with van der Waals surface area (Å²) in [5.41, 5.74) is 0. The standard InChI is InChI=1S/C28H57NO8S2/c1-3-5-7-9-11-13-14-16-18-22-26(37-39(34,35)36)27(38(31,32)33)23-19-20-24-28(30)29-25-21-17-15-12-10-8-6-4-2/h26-27H,3-25H2,1-2H3,(H,29,30)(H,31,32,33)(H,34,35,36). The van der Waals surface area contributed by atoms with Gasteiger partial charge in [-0.2, -0.15) is 16.8 Å². The first-order valence-electron chi connectivity index (χ1n) is 15.4. The Labute approximate surface area is 239 Å². The highest BCUT2D eigenvalue weighted by atomic mass is 32.3. The highest BCUT2D eigenvalue weighted by Gasteiger charge is 2.35. The Balaban J connectivity index is 4.43. The lowest BCUT2D eigenvalue weighted by Gasteiger charge is -2.23. The van der Waals surface area contributed by atoms with E-state index < -0.39 is 31.9 Å². The molecule has 2 atom stereocenters. The Morgan fingerprint density at radius 1 is 0.641 bits per heavy atom. The van der Waals surface area contributed by atoms with Crippen molar-refractivity contribution in [2.75, 3.05) is 6.54 Å². The minimum Gasteiger partial charge on any atom is -0.356 e. The van der Waals surface area contributed by atoms with Crippen LogP contribution in [0, 0.1) is 0 Å². The molecule has 3 N–H and O–H groups in total. The number of hydrogen-bond donors (Lipinski definition) is 3. The van der Waals surface area contributed by atoms with Crippen LogP contribution >= 0.6 is 0 Å². The molecular weight excluding hydrogens is 542 g/mol. The van der Waals surface area contributed by atoms with Gasteiger partial charge in [-0.05, 0) is 25.7 Å². The second kappa shape index (κ2) is 23.9. The summed E-state index contributed by atoms with van der Waals surface area (Å²) in [6, 6.07) is 0. The third kappa shape index (κ3) is 24.7. The Morgan fingerprint density at radius 3 is 1.54 bits per heavy atom. The van der Waals surface area contributed by atoms with Crippen molar-refractivity contribution in [2.24, 2.45) is 0 Å². The van der Waals surface area contributed by atoms with Gasteiger partial charge in [-0.25, -0.2) is 4.18 Å². The maximum atomic E-state index is 12.1. The third-order valence-corrected chi connectivity index (χ3v) is 8.92. The van der Waals surface area contributed by atoms with E-state index in [0.717, 1.165) is 38.5 Å². The van der Waals surface area contributed by atoms with Crippen molar-refractivity contribution in [3.63, 3.8) is 0 Å². The fraction of sp³-hybridized carbons (Fsp3) is 0.964. The zero-order chi connectivity index (χ0) is 29.4. The van der Waals surface area contributed by atoms with Crippen LogP contribution in [0.25, 0.3) is 0 Å². The van der Waals surface area contributed by atoms with Crippen molar-refractivity contribution in [3.05, 3.63) is 0 Å². The van der Waals surface area contributed by atoms with Gasteiger partial charge in [0.1, 0.15) is 5.25 Å². The van der Waals surface area contributed by atoms with Gasteiger partial charge in [0.05, 0.1) is 6.10 Å². The van der Waals surface area contributed by atoms with E-state index in [2.05, 4.69) is 19.2 Å². The minimum absolute atomic E-state index is 0.0677. The predicted molar refractivity (Wildman–Crippen MR) is 158 cm³/mol. The average Bonchev–Trinajstić information content (AvgIpc) is 2.84. The SMILES string of the molecule is CCCCCCCCCCCC(OS(=O)(=O)O)C(CCCCC(=O)NCCCCCCCCCC)S(=O)(=O)O. The molecule has 9 nitrogen and oxygen atoms in total. The molecule has 0 aliphatic heterocycles. The number of carbonyl (C=O) groups is 1. The summed E-state index contributed by atoms with van der Waals surface area (Å²) in [6.07, 6.45) is 18.3. The van der Waals surface area contributed by atoms with Crippen LogP contribution in [0.15, 0.2) is 0 Å². The lowest BCUT2D eigenvalue weighted by molar-refractivity contribution is -0.121. The normalized spacial score (nSPS) is 13.8. The number of nitrogens with one attached hydrogen (secondary N) is 1. The van der Waals surface area contributed by atoms with Crippen LogP contribution in [0.3, 0.4) is 0 Å². The molecule has 0 radical (unpaired) electrons. The van der Waals surface area contributed by atoms with E-state index in [9.17, 15) is 30.7 Å². The molecule has 2 unspecified atom stereocenters. The van der Waals surface area contributed by atoms with Gasteiger partial charge in [0.2, 0.25) is 5.91 Å². The minimum atomic E-state index is -4.90. The smallest absolute Gasteiger partial charge is 0.356 e. The molecule has 0 heterocycles. The van der Waals surface area contributed by atoms with Crippen molar-refractivity contribution in [2.45, 2.75) is 166 Å². The maximum Gasteiger partial charge on any atom is 0.397 e. The van der Waals surface area contributed by atoms with Crippen LogP contribution in [-0.4, -0.2) is 49.7 Å². The molecule has 234 valence electrons. The van der Waals surface area contributed by atoms with E-state index in [1.54, 1.807) is 0 Å². The van der Waals surface area contributed by atoms with Gasteiger partial charge in [-0.1, -0.05) is 123 Å². The summed E-state index contributed by atoms with van der Waals surface area (Å²) in [6.45, 7) is 4.98. The first-order valence-corrected chi connectivity index (χ1v) is 18.3. The van der Waals surface area contributed by atoms with Crippen LogP contribution in [0.1, 0.15) is 155 Å². The molecule has 0 saturated carbocycles. The van der Waals surface area contributed by atoms with Gasteiger partial charge < -0.3 is 5.32 Å². The Morgan fingerprint density at radius 2 is 1.08 bits per heavy atom. The molecule has 0 aliphatic rings. The second-order valence-corrected chi connectivity index (χ2v) is 13.5. The van der Waals surface area contributed by atoms with Crippen LogP contribution in [0.2, 0.25) is 0 Å². The van der Waals surface area contributed by atoms with Crippen molar-refractivity contribution in [1.29, 1.82) is 0 Å². The lowest BCUT2D eigenvalue weighted by atomic mass is 10.0. The summed E-state index contributed by atoms with van der Waals surface area (Å²) < 4.78 is 70.6. The molecule has 0 saturated heterocycles. The summed E-state index contributed by atoms with van der Waals surface area (Å²) in [5, 5.41) is 1.39. The molecule has 39 heavy (non-hydrogen) atoms. The second-order valence-electron chi connectivity index (χ2n) is 10.8. The summed E-state index contributed by atoms with van der Waals surface area (Å²) in [5.74, 6) is -0.109. The van der Waals surface area contributed by atoms with Crippen molar-refractivity contribution in [1.82, 2.24) is 5.32 Å². The highest BCUT2D eigenvalue weighted by Crippen LogP contribution is 2.23. The summed E-state index contributed by atoms with van der Waals surface area (Å²) in [4.78, 5) is 12.1. The lowest BCUT2D eigenvalue weighted by Crippen LogP contribution is -2.37. The van der Waals surface area contributed by atoms with E-state index >= 15 is 0 Å². The van der Waals surface area contributed by atoms with Crippen LogP contribution < -0.4 is 5.32 Å². The summed E-state index contributed by atoms with van der Waals surface area (Å²) in [7, 11) is -9.53. The maximum absolute atomic E-state index is 12.1. The number of amides is 1. The fourth-order valence-corrected chi connectivity index (χ4v) is 6.49. The Hall–Kier alpha value is -0.750. The molecular formula is C28H57NO8S2. The van der Waals surface area contributed by atoms with Gasteiger partial charge in [-0.3, -0.25) is 13.9 Å². The fourth-order valence-electron chi connectivity index (χ4n) is 4.84. The van der Waals surface area contributed by atoms with Crippen LogP contribution in [0.5, 0.6) is 0 Å². The number of rotatable bonds is 28. The molecule has 0 aromatic heterocycles. The van der Waals surface area contributed by atoms with Gasteiger partial charge in [0.25, 0.3) is 10.1 Å². The molecule has 1 amide bonds. The topological polar surface area (TPSA) is 147 Å². The zero-order valence-corrected chi connectivity index (χ0v) is 26.2. The molecule has 0 aliphatic carbocycles. The molecule has 0 spiro atoms. The first-order chi connectivity index (χ1) is 18.5. The van der Waals surface area contributed by atoms with E-state index in [4.69, 9.17) is 4.18 Å². The van der Waals surface area contributed by atoms with E-state index in [-0.39, 0.29) is 25.2 Å². The van der Waals surface area contributed by atoms with Gasteiger partial charge in [0.15, 0.2) is 0 Å². The number of unbranched alkanes of at least 4 members (excludes halogenated alkanes) is 16. The van der Waals surface area contributed by atoms with Crippen molar-refractivity contribution < 1.29 is 34.9 Å². The van der Waals surface area contributed by atoms with Gasteiger partial charge >= 0.3 is 10.4 Å². The van der Waals surface area contributed by atoms with Crippen molar-refractivity contribution >= 4 is 26.4 Å². The van der Waals surface area contributed by atoms with Crippen LogP contribution in [-0.2, 0) is 29.5 Å². The van der Waals surface area contributed by atoms with Gasteiger partial charge in [0, 0.05) is 13.0 Å². The van der Waals surface area contributed by atoms with E-state index in [1.807, 2.05) is 0 Å². The predicted octanol–water partition coefficient (Wildman–Crippen LogP) is 7.17. The number of carbonyl (C=O) groups excluding carboxylic acids is 1. The van der Waals surface area contributed by atoms with E-state index in [1.165, 1.54) is 64.2 Å². The molecule has 11 heteroatoms. The van der Waals surface area contributed by atoms with E-state index in [0.29, 0.717) is 25.8 Å². The Bertz CT molecular complexity index is 802. The molecule has 0 aromatic carbocycles. The number of hydrogen-bond acceptors (Lipinski definition) is 6. The monoisotopic (exact) mass is 599 g/mol. The molecule has 0 fully saturated rings. The van der Waals surface area contributed by atoms with Crippen molar-refractivity contribution in [3.8, 4) is 0 Å². The molecule has 0 aromatic rings. The molecule has 0 rings (SSSR count). The van der Waals surface area contributed by atoms with Crippen LogP contribution in [0.4, 0.5) is 0 Å². The first kappa shape index (κ1) is 38.2.